The Bertz CT molecular complexity index is 489. The van der Waals surface area contributed by atoms with E-state index in [4.69, 9.17) is 0 Å². The van der Waals surface area contributed by atoms with Crippen LogP contribution in [0.5, 0.6) is 0 Å². The highest BCUT2D eigenvalue weighted by Crippen LogP contribution is 2.23. The van der Waals surface area contributed by atoms with Crippen LogP contribution >= 0.6 is 0 Å². The molecule has 17 heavy (non-hydrogen) atoms. The van der Waals surface area contributed by atoms with Gasteiger partial charge >= 0.3 is 0 Å². The van der Waals surface area contributed by atoms with Crippen molar-refractivity contribution < 1.29 is 0 Å². The first-order valence-corrected chi connectivity index (χ1v) is 6.13. The van der Waals surface area contributed by atoms with Crippen LogP contribution in [-0.2, 0) is 12.8 Å². The average Bonchev–Trinajstić information content (AvgIpc) is 2.61. The third kappa shape index (κ3) is 2.16. The van der Waals surface area contributed by atoms with E-state index in [-0.39, 0.29) is 0 Å². The Morgan fingerprint density at radius 1 is 1.24 bits per heavy atom. The number of pyridine rings is 1. The van der Waals surface area contributed by atoms with E-state index in [0.717, 1.165) is 30.9 Å². The molecule has 2 aromatic rings. The Hall–Kier alpha value is -1.84. The molecule has 0 spiro atoms. The molecule has 0 amide bonds. The first-order valence-electron chi connectivity index (χ1n) is 6.13. The highest BCUT2D eigenvalue weighted by Gasteiger charge is 2.15. The number of anilines is 1. The first kappa shape index (κ1) is 10.3. The maximum absolute atomic E-state index is 4.36. The van der Waals surface area contributed by atoms with E-state index in [1.165, 1.54) is 24.1 Å². The zero-order chi connectivity index (χ0) is 11.5. The van der Waals surface area contributed by atoms with Gasteiger partial charge in [0.15, 0.2) is 5.82 Å². The van der Waals surface area contributed by atoms with Gasteiger partial charge in [-0.25, -0.2) is 0 Å². The van der Waals surface area contributed by atoms with Crippen LogP contribution < -0.4 is 5.32 Å². The zero-order valence-corrected chi connectivity index (χ0v) is 9.74. The summed E-state index contributed by atoms with van der Waals surface area (Å²) in [4.78, 5) is 4.36. The minimum atomic E-state index is 0.838. The van der Waals surface area contributed by atoms with Crippen molar-refractivity contribution in [3.8, 4) is 0 Å². The van der Waals surface area contributed by atoms with Crippen LogP contribution in [0.1, 0.15) is 29.8 Å². The van der Waals surface area contributed by atoms with Crippen molar-refractivity contribution in [2.24, 2.45) is 0 Å². The highest BCUT2D eigenvalue weighted by molar-refractivity contribution is 5.48. The standard InChI is InChI=1S/C13H16N4/c1-3-7-14-10(5-1)9-12-11-6-2-4-8-15-13(11)17-16-12/h1,3,5,7H,2,4,6,8-9H2,(H2,15,16,17). The van der Waals surface area contributed by atoms with Gasteiger partial charge in [-0.1, -0.05) is 6.07 Å². The Morgan fingerprint density at radius 2 is 2.24 bits per heavy atom. The van der Waals surface area contributed by atoms with Gasteiger partial charge in [-0.15, -0.1) is 0 Å². The number of fused-ring (bicyclic) bond motifs is 1. The molecular formula is C13H16N4. The average molecular weight is 228 g/mol. The Labute approximate surface area is 100 Å². The second-order valence-corrected chi connectivity index (χ2v) is 4.41. The van der Waals surface area contributed by atoms with E-state index in [1.807, 2.05) is 18.3 Å². The van der Waals surface area contributed by atoms with Gasteiger partial charge in [-0.2, -0.15) is 5.10 Å². The smallest absolute Gasteiger partial charge is 0.151 e. The summed E-state index contributed by atoms with van der Waals surface area (Å²) in [6.07, 6.45) is 6.24. The number of nitrogens with zero attached hydrogens (tertiary/aromatic N) is 2. The van der Waals surface area contributed by atoms with Crippen LogP contribution in [0.15, 0.2) is 24.4 Å². The van der Waals surface area contributed by atoms with Crippen molar-refractivity contribution in [2.75, 3.05) is 11.9 Å². The van der Waals surface area contributed by atoms with Crippen molar-refractivity contribution in [3.05, 3.63) is 41.3 Å². The molecule has 0 bridgehead atoms. The van der Waals surface area contributed by atoms with Gasteiger partial charge in [-0.05, 0) is 31.4 Å². The fraction of sp³-hybridized carbons (Fsp3) is 0.385. The van der Waals surface area contributed by atoms with E-state index in [1.54, 1.807) is 0 Å². The predicted molar refractivity (Wildman–Crippen MR) is 67.1 cm³/mol. The summed E-state index contributed by atoms with van der Waals surface area (Å²) < 4.78 is 0. The second kappa shape index (κ2) is 4.57. The lowest BCUT2D eigenvalue weighted by atomic mass is 10.1. The van der Waals surface area contributed by atoms with Gasteiger partial charge in [-0.3, -0.25) is 10.1 Å². The monoisotopic (exact) mass is 228 g/mol. The van der Waals surface area contributed by atoms with E-state index < -0.39 is 0 Å². The summed E-state index contributed by atoms with van der Waals surface area (Å²) >= 11 is 0. The fourth-order valence-corrected chi connectivity index (χ4v) is 2.28. The maximum atomic E-state index is 4.36. The quantitative estimate of drug-likeness (QED) is 0.828. The Balaban J connectivity index is 1.86. The molecule has 4 heteroatoms. The highest BCUT2D eigenvalue weighted by atomic mass is 15.2. The van der Waals surface area contributed by atoms with E-state index >= 15 is 0 Å². The molecule has 0 saturated carbocycles. The van der Waals surface area contributed by atoms with E-state index in [9.17, 15) is 0 Å². The molecule has 88 valence electrons. The molecule has 0 unspecified atom stereocenters. The molecular weight excluding hydrogens is 212 g/mol. The summed E-state index contributed by atoms with van der Waals surface area (Å²) in [6.45, 7) is 1.03. The molecule has 0 radical (unpaired) electrons. The first-order chi connectivity index (χ1) is 8.43. The van der Waals surface area contributed by atoms with Gasteiger partial charge in [0.05, 0.1) is 0 Å². The van der Waals surface area contributed by atoms with Crippen molar-refractivity contribution in [2.45, 2.75) is 25.7 Å². The van der Waals surface area contributed by atoms with Gasteiger partial charge in [0, 0.05) is 36.1 Å². The third-order valence-electron chi connectivity index (χ3n) is 3.18. The number of rotatable bonds is 2. The van der Waals surface area contributed by atoms with Crippen molar-refractivity contribution >= 4 is 5.82 Å². The number of aromatic nitrogens is 3. The molecule has 0 aromatic carbocycles. The molecule has 0 aliphatic carbocycles. The van der Waals surface area contributed by atoms with Crippen molar-refractivity contribution in [1.82, 2.24) is 15.2 Å². The Morgan fingerprint density at radius 3 is 3.12 bits per heavy atom. The molecule has 1 aliphatic heterocycles. The lowest BCUT2D eigenvalue weighted by Gasteiger charge is -2.02. The summed E-state index contributed by atoms with van der Waals surface area (Å²) in [5.74, 6) is 1.04. The van der Waals surface area contributed by atoms with Crippen LogP contribution in [-0.4, -0.2) is 21.7 Å². The lowest BCUT2D eigenvalue weighted by molar-refractivity contribution is 0.774. The van der Waals surface area contributed by atoms with Gasteiger partial charge < -0.3 is 5.32 Å². The molecule has 3 heterocycles. The number of nitrogens with one attached hydrogen (secondary N) is 2. The predicted octanol–water partition coefficient (Wildman–Crippen LogP) is 2.14. The molecule has 4 nitrogen and oxygen atoms in total. The number of hydrogen-bond acceptors (Lipinski definition) is 3. The SMILES string of the molecule is c1ccc(Cc2[nH]nc3c2CCCCN3)nc1. The third-order valence-corrected chi connectivity index (χ3v) is 3.18. The van der Waals surface area contributed by atoms with Gasteiger partial charge in [0.2, 0.25) is 0 Å². The van der Waals surface area contributed by atoms with Crippen LogP contribution in [0.3, 0.4) is 0 Å². The summed E-state index contributed by atoms with van der Waals surface area (Å²) in [7, 11) is 0. The maximum Gasteiger partial charge on any atom is 0.151 e. The molecule has 0 saturated heterocycles. The fourth-order valence-electron chi connectivity index (χ4n) is 2.28. The normalized spacial score (nSPS) is 14.8. The van der Waals surface area contributed by atoms with Gasteiger partial charge in [0.25, 0.3) is 0 Å². The number of aromatic amines is 1. The van der Waals surface area contributed by atoms with Crippen LogP contribution in [0, 0.1) is 0 Å². The van der Waals surface area contributed by atoms with Crippen molar-refractivity contribution in [1.29, 1.82) is 0 Å². The van der Waals surface area contributed by atoms with Crippen LogP contribution in [0.2, 0.25) is 0 Å². The van der Waals surface area contributed by atoms with Crippen LogP contribution in [0.25, 0.3) is 0 Å². The lowest BCUT2D eigenvalue weighted by Crippen LogP contribution is -1.99. The minimum absolute atomic E-state index is 0.838. The van der Waals surface area contributed by atoms with Crippen LogP contribution in [0.4, 0.5) is 5.82 Å². The van der Waals surface area contributed by atoms with Crippen molar-refractivity contribution in [3.63, 3.8) is 0 Å². The summed E-state index contributed by atoms with van der Waals surface area (Å²) in [6, 6.07) is 6.02. The zero-order valence-electron chi connectivity index (χ0n) is 9.74. The molecule has 0 atom stereocenters. The molecule has 2 aromatic heterocycles. The molecule has 3 rings (SSSR count). The summed E-state index contributed by atoms with van der Waals surface area (Å²) in [5.41, 5.74) is 3.63. The molecule has 2 N–H and O–H groups in total. The minimum Gasteiger partial charge on any atom is -0.368 e. The molecule has 1 aliphatic rings. The number of hydrogen-bond donors (Lipinski definition) is 2. The van der Waals surface area contributed by atoms with E-state index in [2.05, 4.69) is 26.6 Å². The van der Waals surface area contributed by atoms with E-state index in [0.29, 0.717) is 0 Å². The Kier molecular flexibility index (Phi) is 2.78. The number of H-pyrrole nitrogens is 1. The largest absolute Gasteiger partial charge is 0.368 e. The second-order valence-electron chi connectivity index (χ2n) is 4.41. The van der Waals surface area contributed by atoms with Gasteiger partial charge in [0.1, 0.15) is 0 Å². The molecule has 0 fully saturated rings. The summed E-state index contributed by atoms with van der Waals surface area (Å²) in [5, 5.41) is 10.9. The topological polar surface area (TPSA) is 53.6 Å².